The van der Waals surface area contributed by atoms with Gasteiger partial charge in [0.2, 0.25) is 6.29 Å². The van der Waals surface area contributed by atoms with Gasteiger partial charge in [-0.15, -0.1) is 0 Å². The molecule has 5 heterocycles. The molecular formula is C62H96O30. The van der Waals surface area contributed by atoms with Gasteiger partial charge >= 0.3 is 23.9 Å². The number of aliphatic hydroxyl groups is 13. The molecule has 10 aliphatic rings. The molecule has 0 radical (unpaired) electrons. The highest BCUT2D eigenvalue weighted by molar-refractivity contribution is 5.79. The number of allylic oxidation sites excluding steroid dienone is 1. The maximum atomic E-state index is 16.0. The third-order valence-electron chi connectivity index (χ3n) is 23.4. The molecule has 30 heteroatoms. The van der Waals surface area contributed by atoms with Gasteiger partial charge in [0.15, 0.2) is 43.5 Å². The van der Waals surface area contributed by atoms with E-state index in [4.69, 9.17) is 56.8 Å². The van der Waals surface area contributed by atoms with E-state index >= 15 is 4.79 Å². The van der Waals surface area contributed by atoms with E-state index in [0.717, 1.165) is 19.4 Å². The van der Waals surface area contributed by atoms with Crippen molar-refractivity contribution in [3.8, 4) is 0 Å². The van der Waals surface area contributed by atoms with Crippen LogP contribution < -0.4 is 0 Å². The molecule has 4 saturated carbocycles. The van der Waals surface area contributed by atoms with Crippen LogP contribution in [0.5, 0.6) is 0 Å². The number of hydrogen-bond acceptors (Lipinski definition) is 29. The van der Waals surface area contributed by atoms with Crippen LogP contribution in [-0.2, 0) is 76.0 Å². The average Bonchev–Trinajstić information content (AvgIpc) is 0.732. The van der Waals surface area contributed by atoms with Gasteiger partial charge in [-0.2, -0.15) is 0 Å². The van der Waals surface area contributed by atoms with E-state index in [1.807, 2.05) is 6.92 Å². The van der Waals surface area contributed by atoms with E-state index < -0.39 is 236 Å². The summed E-state index contributed by atoms with van der Waals surface area (Å²) in [5.74, 6) is -5.50. The predicted octanol–water partition coefficient (Wildman–Crippen LogP) is -2.73. The van der Waals surface area contributed by atoms with Gasteiger partial charge in [-0.25, -0.2) is 0 Å². The SMILES string of the molecule is CC(=O)O[C@H]1[C@H](O[C@H]2O[C@H](C)[C@@H](O[C@@H]3OC[C@@H](O)[C@H](O)[C@H]3O)[C@H](O[C@@H]3OC[C@](O)(CO)[C@H]3O)[C@@H]2O)[C@@H](OC(=O)[C@]23CCC(C)(C)C[C@H]2C2=CC[C@@H]4[C@@]5(C)C[C@H](O)[C@H](O[C@@H]6O[C@H](CO)[C@@H](O)[C@H](O)[C@H]6O)[C@@](C)(C(=O)O)[C@@H]5CC[C@@]4(C)[C@]2(CO)CC3)O[C@@H](C)[C@H]1OC(C)=O. The van der Waals surface area contributed by atoms with Crippen LogP contribution >= 0.6 is 0 Å². The normalized spacial score (nSPS) is 51.6. The van der Waals surface area contributed by atoms with Crippen LogP contribution in [0, 0.1) is 50.2 Å². The van der Waals surface area contributed by atoms with Gasteiger partial charge in [0.1, 0.15) is 78.8 Å². The van der Waals surface area contributed by atoms with Gasteiger partial charge in [-0.05, 0) is 113 Å². The number of carboxylic acid groups (broad SMARTS) is 1. The summed E-state index contributed by atoms with van der Waals surface area (Å²) in [6.07, 6.45) is -34.0. The van der Waals surface area contributed by atoms with Crippen molar-refractivity contribution in [2.45, 2.75) is 267 Å². The van der Waals surface area contributed by atoms with E-state index in [0.29, 0.717) is 25.7 Å². The summed E-state index contributed by atoms with van der Waals surface area (Å²) in [6.45, 7) is 11.5. The van der Waals surface area contributed by atoms with Crippen molar-refractivity contribution in [1.29, 1.82) is 0 Å². The predicted molar refractivity (Wildman–Crippen MR) is 304 cm³/mol. The number of carbonyl (C=O) groups is 4. The number of carbonyl (C=O) groups excluding carboxylic acids is 3. The molecule has 5 saturated heterocycles. The first-order chi connectivity index (χ1) is 43.0. The second kappa shape index (κ2) is 26.2. The van der Waals surface area contributed by atoms with Gasteiger partial charge in [0.05, 0.1) is 62.2 Å². The largest absolute Gasteiger partial charge is 0.481 e. The molecule has 0 spiro atoms. The van der Waals surface area contributed by atoms with Crippen LogP contribution in [0.1, 0.15) is 120 Å². The minimum absolute atomic E-state index is 0.00321. The molecule has 0 amide bonds. The number of carboxylic acids is 1. The number of hydrogen-bond donors (Lipinski definition) is 14. The molecule has 0 aromatic rings. The molecule has 0 aromatic carbocycles. The average molecular weight is 1320 g/mol. The maximum Gasteiger partial charge on any atom is 0.315 e. The Labute approximate surface area is 531 Å². The monoisotopic (exact) mass is 1320 g/mol. The quantitative estimate of drug-likeness (QED) is 0.0323. The molecule has 524 valence electrons. The van der Waals surface area contributed by atoms with Crippen LogP contribution in [0.3, 0.4) is 0 Å². The highest BCUT2D eigenvalue weighted by Crippen LogP contribution is 2.76. The summed E-state index contributed by atoms with van der Waals surface area (Å²) in [7, 11) is 0. The fourth-order valence-electron chi connectivity index (χ4n) is 18.2. The molecule has 9 fully saturated rings. The molecule has 14 N–H and O–H groups in total. The molecule has 92 heavy (non-hydrogen) atoms. The van der Waals surface area contributed by atoms with E-state index in [1.54, 1.807) is 0 Å². The lowest BCUT2D eigenvalue weighted by Gasteiger charge is -2.71. The van der Waals surface area contributed by atoms with Crippen molar-refractivity contribution in [3.63, 3.8) is 0 Å². The number of ether oxygens (including phenoxy) is 12. The second-order valence-corrected chi connectivity index (χ2v) is 29.3. The van der Waals surface area contributed by atoms with Crippen LogP contribution in [0.15, 0.2) is 11.6 Å². The van der Waals surface area contributed by atoms with Gasteiger partial charge < -0.3 is 128 Å². The Morgan fingerprint density at radius 2 is 1.20 bits per heavy atom. The minimum Gasteiger partial charge on any atom is -0.481 e. The van der Waals surface area contributed by atoms with Gasteiger partial charge in [-0.1, -0.05) is 39.3 Å². The van der Waals surface area contributed by atoms with Crippen LogP contribution in [0.4, 0.5) is 0 Å². The summed E-state index contributed by atoms with van der Waals surface area (Å²) in [5, 5.41) is 154. The topological polar surface area (TPSA) is 462 Å². The fourth-order valence-corrected chi connectivity index (χ4v) is 18.2. The number of aliphatic carboxylic acids is 1. The van der Waals surface area contributed by atoms with Gasteiger partial charge in [-0.3, -0.25) is 19.2 Å². The Morgan fingerprint density at radius 3 is 1.83 bits per heavy atom. The highest BCUT2D eigenvalue weighted by Gasteiger charge is 2.74. The Balaban J connectivity index is 0.971. The zero-order valence-electron chi connectivity index (χ0n) is 53.3. The van der Waals surface area contributed by atoms with E-state index in [9.17, 15) is 85.9 Å². The molecule has 10 rings (SSSR count). The molecule has 0 unspecified atom stereocenters. The van der Waals surface area contributed by atoms with Crippen LogP contribution in [0.2, 0.25) is 0 Å². The Kier molecular flexibility index (Phi) is 20.4. The molecule has 5 aliphatic heterocycles. The Bertz CT molecular complexity index is 2720. The maximum absolute atomic E-state index is 16.0. The van der Waals surface area contributed by atoms with Crippen molar-refractivity contribution >= 4 is 23.9 Å². The Morgan fingerprint density at radius 1 is 0.587 bits per heavy atom. The fraction of sp³-hybridized carbons (Fsp3) is 0.903. The first kappa shape index (κ1) is 71.5. The van der Waals surface area contributed by atoms with E-state index in [1.165, 1.54) is 20.8 Å². The summed E-state index contributed by atoms with van der Waals surface area (Å²) < 4.78 is 72.7. The number of aliphatic hydroxyl groups excluding tert-OH is 12. The minimum atomic E-state index is -2.23. The standard InChI is InChI=1S/C62H96O30/c1-25-42(88-49-39(73)36(70)32(69)21-81-49)44(89-53-47(76)62(80,23-65)24-82-53)41(75)51(83-25)90-46-45(86-28(4)67)43(85-27(3)66)26(2)84-52(46)92-55(79)60-15-14-56(5,6)18-30(60)29-10-11-34-57(7)19-31(68)48(91-50-40(74)38(72)37(71)33(20-63)87-50)59(9,54(77)78)35(57)12-13-58(34,8)61(29,22-64)17-16-60/h10,25-26,30-53,63-65,68-76,80H,11-24H2,1-9H3,(H,77,78)/t25-,26+,30+,31+,32-,33-,34-,35-,36+,37-,38+,39-,40-,41+,42-,43-,44-,45-,46+,47+,48+,49+,50+,51-,52-,53+,57-,58-,59+,60+,61+,62-/m1/s1. The van der Waals surface area contributed by atoms with E-state index in [-0.39, 0.29) is 50.0 Å². The van der Waals surface area contributed by atoms with Crippen molar-refractivity contribution in [2.75, 3.05) is 33.0 Å². The molecule has 30 nitrogen and oxygen atoms in total. The lowest BCUT2D eigenvalue weighted by molar-refractivity contribution is -0.384. The number of fused-ring (bicyclic) bond motifs is 7. The van der Waals surface area contributed by atoms with Crippen molar-refractivity contribution in [1.82, 2.24) is 0 Å². The van der Waals surface area contributed by atoms with Gasteiger partial charge in [0, 0.05) is 19.3 Å². The molecular weight excluding hydrogens is 1220 g/mol. The molecule has 0 aromatic heterocycles. The van der Waals surface area contributed by atoms with Crippen molar-refractivity contribution < 1.29 is 148 Å². The number of esters is 3. The lowest BCUT2D eigenvalue weighted by atomic mass is 9.33. The third-order valence-corrected chi connectivity index (χ3v) is 23.4. The lowest BCUT2D eigenvalue weighted by Crippen LogP contribution is -2.71. The van der Waals surface area contributed by atoms with Gasteiger partial charge in [0.25, 0.3) is 0 Å². The Hall–Kier alpha value is -3.26. The summed E-state index contributed by atoms with van der Waals surface area (Å²) in [5.41, 5.74) is -7.78. The highest BCUT2D eigenvalue weighted by atomic mass is 16.8. The summed E-state index contributed by atoms with van der Waals surface area (Å²) in [4.78, 5) is 55.9. The smallest absolute Gasteiger partial charge is 0.315 e. The van der Waals surface area contributed by atoms with Crippen LogP contribution in [0.25, 0.3) is 0 Å². The molecule has 0 bridgehead atoms. The zero-order chi connectivity index (χ0) is 67.5. The molecule has 32 atom stereocenters. The third kappa shape index (κ3) is 11.9. The number of rotatable bonds is 16. The van der Waals surface area contributed by atoms with Crippen molar-refractivity contribution in [2.24, 2.45) is 50.2 Å². The molecule has 5 aliphatic carbocycles. The van der Waals surface area contributed by atoms with E-state index in [2.05, 4.69) is 26.8 Å². The van der Waals surface area contributed by atoms with Crippen LogP contribution in [-0.4, -0.2) is 275 Å². The summed E-state index contributed by atoms with van der Waals surface area (Å²) in [6, 6.07) is 0. The van der Waals surface area contributed by atoms with Crippen molar-refractivity contribution in [3.05, 3.63) is 11.6 Å². The zero-order valence-corrected chi connectivity index (χ0v) is 53.3. The first-order valence-electron chi connectivity index (χ1n) is 32.0. The second-order valence-electron chi connectivity index (χ2n) is 29.3. The summed E-state index contributed by atoms with van der Waals surface area (Å²) >= 11 is 0. The first-order valence-corrected chi connectivity index (χ1v) is 32.0.